The third kappa shape index (κ3) is 4.88. The molecule has 108 valence electrons. The summed E-state index contributed by atoms with van der Waals surface area (Å²) in [6.07, 6.45) is 3.05. The number of rotatable bonds is 3. The van der Waals surface area contributed by atoms with Crippen molar-refractivity contribution in [3.05, 3.63) is 41.0 Å². The molecule has 0 unspecified atom stereocenters. The maximum atomic E-state index is 11.6. The first-order chi connectivity index (χ1) is 9.23. The van der Waals surface area contributed by atoms with Crippen LogP contribution in [0.2, 0.25) is 0 Å². The van der Waals surface area contributed by atoms with Crippen LogP contribution in [0.3, 0.4) is 0 Å². The second-order valence-corrected chi connectivity index (χ2v) is 5.43. The van der Waals surface area contributed by atoms with Gasteiger partial charge in [0, 0.05) is 6.08 Å². The Morgan fingerprint density at radius 1 is 1.20 bits per heavy atom. The summed E-state index contributed by atoms with van der Waals surface area (Å²) in [5.74, 6) is -0.773. The van der Waals surface area contributed by atoms with Gasteiger partial charge in [-0.1, -0.05) is 6.07 Å². The summed E-state index contributed by atoms with van der Waals surface area (Å²) < 4.78 is 9.83. The minimum Gasteiger partial charge on any atom is -0.465 e. The number of carbonyl (C=O) groups is 2. The molecule has 0 atom stereocenters. The highest BCUT2D eigenvalue weighted by molar-refractivity contribution is 5.91. The highest BCUT2D eigenvalue weighted by Crippen LogP contribution is 2.14. The van der Waals surface area contributed by atoms with Crippen LogP contribution in [0.15, 0.2) is 24.3 Å². The average Bonchev–Trinajstić information content (AvgIpc) is 2.34. The molecule has 4 heteroatoms. The summed E-state index contributed by atoms with van der Waals surface area (Å²) in [6, 6.07) is 5.15. The van der Waals surface area contributed by atoms with Gasteiger partial charge in [-0.05, 0) is 57.0 Å². The Kier molecular flexibility index (Phi) is 5.08. The molecule has 0 bridgehead atoms. The number of benzene rings is 1. The molecule has 0 saturated carbocycles. The van der Waals surface area contributed by atoms with E-state index in [1.165, 1.54) is 13.2 Å². The van der Waals surface area contributed by atoms with Crippen molar-refractivity contribution in [2.75, 3.05) is 7.11 Å². The SMILES string of the molecule is COC(=O)c1ccc(/C=C/C(=O)OC(C)(C)C)c(C)c1. The summed E-state index contributed by atoms with van der Waals surface area (Å²) in [4.78, 5) is 23.0. The second-order valence-electron chi connectivity index (χ2n) is 5.43. The lowest BCUT2D eigenvalue weighted by molar-refractivity contribution is -0.148. The van der Waals surface area contributed by atoms with Gasteiger partial charge in [0.15, 0.2) is 0 Å². The summed E-state index contributed by atoms with van der Waals surface area (Å²) in [7, 11) is 1.34. The average molecular weight is 276 g/mol. The highest BCUT2D eigenvalue weighted by atomic mass is 16.6. The van der Waals surface area contributed by atoms with E-state index in [0.717, 1.165) is 11.1 Å². The normalized spacial score (nSPS) is 11.4. The first-order valence-corrected chi connectivity index (χ1v) is 6.33. The van der Waals surface area contributed by atoms with Crippen molar-refractivity contribution in [1.29, 1.82) is 0 Å². The third-order valence-electron chi connectivity index (χ3n) is 2.50. The van der Waals surface area contributed by atoms with Gasteiger partial charge >= 0.3 is 11.9 Å². The number of ether oxygens (including phenoxy) is 2. The Hall–Kier alpha value is -2.10. The van der Waals surface area contributed by atoms with Gasteiger partial charge in [0.1, 0.15) is 5.60 Å². The zero-order chi connectivity index (χ0) is 15.3. The maximum absolute atomic E-state index is 11.6. The molecule has 0 aliphatic carbocycles. The molecular formula is C16H20O4. The van der Waals surface area contributed by atoms with Gasteiger partial charge < -0.3 is 9.47 Å². The molecule has 0 aliphatic heterocycles. The summed E-state index contributed by atoms with van der Waals surface area (Å²) in [5, 5.41) is 0. The van der Waals surface area contributed by atoms with E-state index in [1.807, 2.05) is 27.7 Å². The van der Waals surface area contributed by atoms with Crippen molar-refractivity contribution in [3.63, 3.8) is 0 Å². The Bertz CT molecular complexity index is 536. The van der Waals surface area contributed by atoms with E-state index in [1.54, 1.807) is 24.3 Å². The number of aryl methyl sites for hydroxylation is 1. The van der Waals surface area contributed by atoms with Crippen LogP contribution in [0.25, 0.3) is 6.08 Å². The Labute approximate surface area is 119 Å². The lowest BCUT2D eigenvalue weighted by atomic mass is 10.0. The molecule has 0 heterocycles. The van der Waals surface area contributed by atoms with E-state index in [-0.39, 0.29) is 5.97 Å². The Morgan fingerprint density at radius 3 is 2.35 bits per heavy atom. The van der Waals surface area contributed by atoms with E-state index in [2.05, 4.69) is 4.74 Å². The molecule has 0 N–H and O–H groups in total. The van der Waals surface area contributed by atoms with Gasteiger partial charge in [0.25, 0.3) is 0 Å². The first kappa shape index (κ1) is 16.0. The third-order valence-corrected chi connectivity index (χ3v) is 2.50. The lowest BCUT2D eigenvalue weighted by Crippen LogP contribution is -2.22. The van der Waals surface area contributed by atoms with Crippen LogP contribution >= 0.6 is 0 Å². The second kappa shape index (κ2) is 6.37. The van der Waals surface area contributed by atoms with Gasteiger partial charge in [-0.25, -0.2) is 9.59 Å². The van der Waals surface area contributed by atoms with Crippen molar-refractivity contribution in [3.8, 4) is 0 Å². The predicted octanol–water partition coefficient (Wildman–Crippen LogP) is 3.14. The molecule has 1 aromatic rings. The van der Waals surface area contributed by atoms with Crippen LogP contribution in [0, 0.1) is 6.92 Å². The van der Waals surface area contributed by atoms with Crippen LogP contribution in [0.1, 0.15) is 42.3 Å². The fourth-order valence-corrected chi connectivity index (χ4v) is 1.60. The minimum atomic E-state index is -0.509. The van der Waals surface area contributed by atoms with Crippen molar-refractivity contribution in [2.24, 2.45) is 0 Å². The zero-order valence-electron chi connectivity index (χ0n) is 12.5. The van der Waals surface area contributed by atoms with Crippen molar-refractivity contribution in [2.45, 2.75) is 33.3 Å². The molecule has 0 spiro atoms. The largest absolute Gasteiger partial charge is 0.465 e. The van der Waals surface area contributed by atoms with E-state index < -0.39 is 11.6 Å². The van der Waals surface area contributed by atoms with Gasteiger partial charge in [-0.2, -0.15) is 0 Å². The number of esters is 2. The van der Waals surface area contributed by atoms with Crippen LogP contribution in [0.4, 0.5) is 0 Å². The number of hydrogen-bond donors (Lipinski definition) is 0. The Balaban J connectivity index is 2.84. The summed E-state index contributed by atoms with van der Waals surface area (Å²) in [6.45, 7) is 7.31. The fourth-order valence-electron chi connectivity index (χ4n) is 1.60. The number of methoxy groups -OCH3 is 1. The smallest absolute Gasteiger partial charge is 0.337 e. The van der Waals surface area contributed by atoms with Crippen molar-refractivity contribution < 1.29 is 19.1 Å². The summed E-state index contributed by atoms with van der Waals surface area (Å²) >= 11 is 0. The van der Waals surface area contributed by atoms with E-state index in [9.17, 15) is 9.59 Å². The van der Waals surface area contributed by atoms with E-state index in [0.29, 0.717) is 5.56 Å². The highest BCUT2D eigenvalue weighted by Gasteiger charge is 2.14. The predicted molar refractivity (Wildman–Crippen MR) is 77.4 cm³/mol. The molecule has 1 rings (SSSR count). The molecule has 4 nitrogen and oxygen atoms in total. The molecule has 0 aliphatic rings. The molecule has 0 amide bonds. The van der Waals surface area contributed by atoms with E-state index in [4.69, 9.17) is 4.74 Å². The van der Waals surface area contributed by atoms with Crippen molar-refractivity contribution in [1.82, 2.24) is 0 Å². The molecular weight excluding hydrogens is 256 g/mol. The molecule has 1 aromatic carbocycles. The van der Waals surface area contributed by atoms with Crippen LogP contribution in [0.5, 0.6) is 0 Å². The lowest BCUT2D eigenvalue weighted by Gasteiger charge is -2.17. The monoisotopic (exact) mass is 276 g/mol. The van der Waals surface area contributed by atoms with Gasteiger partial charge in [0.05, 0.1) is 12.7 Å². The van der Waals surface area contributed by atoms with E-state index >= 15 is 0 Å². The van der Waals surface area contributed by atoms with Crippen molar-refractivity contribution >= 4 is 18.0 Å². The maximum Gasteiger partial charge on any atom is 0.337 e. The number of hydrogen-bond acceptors (Lipinski definition) is 4. The van der Waals surface area contributed by atoms with Gasteiger partial charge in [-0.15, -0.1) is 0 Å². The molecule has 0 radical (unpaired) electrons. The first-order valence-electron chi connectivity index (χ1n) is 6.33. The zero-order valence-corrected chi connectivity index (χ0v) is 12.5. The van der Waals surface area contributed by atoms with Gasteiger partial charge in [0.2, 0.25) is 0 Å². The fraction of sp³-hybridized carbons (Fsp3) is 0.375. The molecule has 0 aromatic heterocycles. The molecule has 0 saturated heterocycles. The number of carbonyl (C=O) groups excluding carboxylic acids is 2. The van der Waals surface area contributed by atoms with Crippen LogP contribution in [-0.4, -0.2) is 24.6 Å². The Morgan fingerprint density at radius 2 is 1.85 bits per heavy atom. The standard InChI is InChI=1S/C16H20O4/c1-11-10-13(15(18)19-5)7-6-12(11)8-9-14(17)20-16(2,3)4/h6-10H,1-5H3/b9-8+. The minimum absolute atomic E-state index is 0.379. The van der Waals surface area contributed by atoms with Crippen LogP contribution in [-0.2, 0) is 14.3 Å². The molecule has 20 heavy (non-hydrogen) atoms. The summed E-state index contributed by atoms with van der Waals surface area (Å²) in [5.41, 5.74) is 1.71. The topological polar surface area (TPSA) is 52.6 Å². The van der Waals surface area contributed by atoms with Crippen LogP contribution < -0.4 is 0 Å². The molecule has 0 fully saturated rings. The quantitative estimate of drug-likeness (QED) is 0.628. The van der Waals surface area contributed by atoms with Gasteiger partial charge in [-0.3, -0.25) is 0 Å².